The number of anilines is 1. The van der Waals surface area contributed by atoms with Crippen LogP contribution in [0.5, 0.6) is 5.75 Å². The van der Waals surface area contributed by atoms with E-state index in [-0.39, 0.29) is 5.91 Å². The van der Waals surface area contributed by atoms with Crippen LogP contribution in [-0.2, 0) is 4.79 Å². The second-order valence-electron chi connectivity index (χ2n) is 4.96. The van der Waals surface area contributed by atoms with Crippen molar-refractivity contribution in [2.75, 3.05) is 11.9 Å². The molecular formula is C18H17N3O2. The SMILES string of the molecule is O=C(CCOc1ccccc1)Nc1cccc(-n2cccn2)c1. The maximum absolute atomic E-state index is 12.0. The molecule has 2 aromatic carbocycles. The van der Waals surface area contributed by atoms with Gasteiger partial charge in [0.2, 0.25) is 5.91 Å². The Kier molecular flexibility index (Phi) is 4.69. The van der Waals surface area contributed by atoms with Crippen LogP contribution >= 0.6 is 0 Å². The molecule has 3 rings (SSSR count). The lowest BCUT2D eigenvalue weighted by Gasteiger charge is -2.08. The molecule has 23 heavy (non-hydrogen) atoms. The molecule has 0 aliphatic rings. The minimum Gasteiger partial charge on any atom is -0.493 e. The number of ether oxygens (including phenoxy) is 1. The minimum atomic E-state index is -0.0847. The number of benzene rings is 2. The van der Waals surface area contributed by atoms with Crippen LogP contribution in [0.1, 0.15) is 6.42 Å². The molecule has 1 heterocycles. The highest BCUT2D eigenvalue weighted by Crippen LogP contribution is 2.14. The Morgan fingerprint density at radius 3 is 2.74 bits per heavy atom. The molecule has 0 unspecified atom stereocenters. The summed E-state index contributed by atoms with van der Waals surface area (Å²) in [5.74, 6) is 0.680. The van der Waals surface area contributed by atoms with E-state index in [9.17, 15) is 4.79 Å². The maximum atomic E-state index is 12.0. The summed E-state index contributed by atoms with van der Waals surface area (Å²) in [6, 6.07) is 18.8. The van der Waals surface area contributed by atoms with Crippen molar-refractivity contribution in [3.8, 4) is 11.4 Å². The molecule has 5 nitrogen and oxygen atoms in total. The lowest BCUT2D eigenvalue weighted by molar-refractivity contribution is -0.116. The van der Waals surface area contributed by atoms with E-state index in [1.54, 1.807) is 10.9 Å². The van der Waals surface area contributed by atoms with Gasteiger partial charge in [0.15, 0.2) is 0 Å². The number of nitrogens with one attached hydrogen (secondary N) is 1. The molecule has 0 radical (unpaired) electrons. The van der Waals surface area contributed by atoms with Gasteiger partial charge in [0.25, 0.3) is 0 Å². The van der Waals surface area contributed by atoms with Crippen LogP contribution in [0.2, 0.25) is 0 Å². The van der Waals surface area contributed by atoms with E-state index < -0.39 is 0 Å². The average molecular weight is 307 g/mol. The van der Waals surface area contributed by atoms with Gasteiger partial charge in [-0.05, 0) is 36.4 Å². The third-order valence-electron chi connectivity index (χ3n) is 3.24. The Balaban J connectivity index is 1.53. The van der Waals surface area contributed by atoms with E-state index in [1.165, 1.54) is 0 Å². The Morgan fingerprint density at radius 1 is 1.09 bits per heavy atom. The monoisotopic (exact) mass is 307 g/mol. The van der Waals surface area contributed by atoms with Gasteiger partial charge in [-0.25, -0.2) is 4.68 Å². The summed E-state index contributed by atoms with van der Waals surface area (Å²) in [7, 11) is 0. The smallest absolute Gasteiger partial charge is 0.227 e. The quantitative estimate of drug-likeness (QED) is 0.760. The van der Waals surface area contributed by atoms with E-state index >= 15 is 0 Å². The Hall–Kier alpha value is -3.08. The van der Waals surface area contributed by atoms with Crippen LogP contribution in [0.15, 0.2) is 73.1 Å². The van der Waals surface area contributed by atoms with Crippen LogP contribution < -0.4 is 10.1 Å². The highest BCUT2D eigenvalue weighted by atomic mass is 16.5. The maximum Gasteiger partial charge on any atom is 0.227 e. The molecule has 1 N–H and O–H groups in total. The number of rotatable bonds is 6. The summed E-state index contributed by atoms with van der Waals surface area (Å²) in [6.45, 7) is 0.342. The summed E-state index contributed by atoms with van der Waals surface area (Å²) in [6.07, 6.45) is 3.86. The number of nitrogens with zero attached hydrogens (tertiary/aromatic N) is 2. The van der Waals surface area contributed by atoms with Crippen LogP contribution in [-0.4, -0.2) is 22.3 Å². The van der Waals surface area contributed by atoms with Crippen LogP contribution in [0, 0.1) is 0 Å². The summed E-state index contributed by atoms with van der Waals surface area (Å²) >= 11 is 0. The highest BCUT2D eigenvalue weighted by Gasteiger charge is 2.04. The molecule has 0 aliphatic heterocycles. The van der Waals surface area contributed by atoms with E-state index in [0.29, 0.717) is 13.0 Å². The lowest BCUT2D eigenvalue weighted by Crippen LogP contribution is -2.15. The average Bonchev–Trinajstić information content (AvgIpc) is 3.11. The van der Waals surface area contributed by atoms with Crippen LogP contribution in [0.4, 0.5) is 5.69 Å². The van der Waals surface area contributed by atoms with Crippen LogP contribution in [0.3, 0.4) is 0 Å². The molecule has 0 aliphatic carbocycles. The van der Waals surface area contributed by atoms with Crippen molar-refractivity contribution >= 4 is 11.6 Å². The van der Waals surface area contributed by atoms with Gasteiger partial charge in [-0.15, -0.1) is 0 Å². The predicted octanol–water partition coefficient (Wildman–Crippen LogP) is 3.28. The van der Waals surface area contributed by atoms with Crippen molar-refractivity contribution < 1.29 is 9.53 Å². The Labute approximate surface area is 134 Å². The van der Waals surface area contributed by atoms with Crippen LogP contribution in [0.25, 0.3) is 5.69 Å². The van der Waals surface area contributed by atoms with E-state index in [4.69, 9.17) is 4.74 Å². The molecule has 0 fully saturated rings. The summed E-state index contributed by atoms with van der Waals surface area (Å²) in [4.78, 5) is 12.0. The van der Waals surface area contributed by atoms with Gasteiger partial charge in [-0.3, -0.25) is 4.79 Å². The normalized spacial score (nSPS) is 10.3. The lowest BCUT2D eigenvalue weighted by atomic mass is 10.2. The van der Waals surface area contributed by atoms with E-state index in [0.717, 1.165) is 17.1 Å². The standard InChI is InChI=1S/C18H17N3O2/c22-18(10-13-23-17-8-2-1-3-9-17)20-15-6-4-7-16(14-15)21-12-5-11-19-21/h1-9,11-12,14H,10,13H2,(H,20,22). The largest absolute Gasteiger partial charge is 0.493 e. The summed E-state index contributed by atoms with van der Waals surface area (Å²) in [5, 5.41) is 7.04. The number of hydrogen-bond donors (Lipinski definition) is 1. The Morgan fingerprint density at radius 2 is 1.96 bits per heavy atom. The second kappa shape index (κ2) is 7.26. The Bertz CT molecular complexity index is 755. The first-order valence-corrected chi connectivity index (χ1v) is 7.39. The number of carbonyl (C=O) groups is 1. The summed E-state index contributed by atoms with van der Waals surface area (Å²) in [5.41, 5.74) is 1.64. The van der Waals surface area contributed by atoms with Crippen molar-refractivity contribution in [1.29, 1.82) is 0 Å². The molecule has 0 bridgehead atoms. The number of para-hydroxylation sites is 1. The van der Waals surface area contributed by atoms with Gasteiger partial charge in [-0.2, -0.15) is 5.10 Å². The third-order valence-corrected chi connectivity index (χ3v) is 3.24. The molecule has 1 amide bonds. The topological polar surface area (TPSA) is 56.1 Å². The minimum absolute atomic E-state index is 0.0847. The first kappa shape index (κ1) is 14.8. The molecular weight excluding hydrogens is 290 g/mol. The molecule has 3 aromatic rings. The molecule has 0 saturated heterocycles. The van der Waals surface area contributed by atoms with Gasteiger partial charge in [0.1, 0.15) is 5.75 Å². The van der Waals surface area contributed by atoms with Gasteiger partial charge in [0, 0.05) is 18.1 Å². The zero-order valence-electron chi connectivity index (χ0n) is 12.6. The molecule has 0 atom stereocenters. The molecule has 0 spiro atoms. The van der Waals surface area contributed by atoms with Crippen molar-refractivity contribution in [3.05, 3.63) is 73.1 Å². The van der Waals surface area contributed by atoms with Crippen molar-refractivity contribution in [2.24, 2.45) is 0 Å². The number of amides is 1. The van der Waals surface area contributed by atoms with E-state index in [1.807, 2.05) is 66.9 Å². The van der Waals surface area contributed by atoms with Crippen molar-refractivity contribution in [3.63, 3.8) is 0 Å². The van der Waals surface area contributed by atoms with Gasteiger partial charge >= 0.3 is 0 Å². The number of carbonyl (C=O) groups excluding carboxylic acids is 1. The third kappa shape index (κ3) is 4.20. The van der Waals surface area contributed by atoms with Gasteiger partial charge < -0.3 is 10.1 Å². The number of hydrogen-bond acceptors (Lipinski definition) is 3. The fourth-order valence-electron chi connectivity index (χ4n) is 2.15. The van der Waals surface area contributed by atoms with Gasteiger partial charge in [0.05, 0.1) is 18.7 Å². The number of aromatic nitrogens is 2. The van der Waals surface area contributed by atoms with Crippen molar-refractivity contribution in [1.82, 2.24) is 9.78 Å². The van der Waals surface area contributed by atoms with Crippen molar-refractivity contribution in [2.45, 2.75) is 6.42 Å². The molecule has 116 valence electrons. The molecule has 5 heteroatoms. The zero-order valence-corrected chi connectivity index (χ0v) is 12.6. The second-order valence-corrected chi connectivity index (χ2v) is 4.96. The fourth-order valence-corrected chi connectivity index (χ4v) is 2.15. The first-order chi connectivity index (χ1) is 11.3. The predicted molar refractivity (Wildman–Crippen MR) is 88.7 cm³/mol. The molecule has 0 saturated carbocycles. The van der Waals surface area contributed by atoms with Gasteiger partial charge in [-0.1, -0.05) is 24.3 Å². The fraction of sp³-hybridized carbons (Fsp3) is 0.111. The first-order valence-electron chi connectivity index (χ1n) is 7.39. The molecule has 1 aromatic heterocycles. The highest BCUT2D eigenvalue weighted by molar-refractivity contribution is 5.91. The summed E-state index contributed by atoms with van der Waals surface area (Å²) < 4.78 is 7.27. The van der Waals surface area contributed by atoms with E-state index in [2.05, 4.69) is 10.4 Å². The zero-order chi connectivity index (χ0) is 15.9.